The van der Waals surface area contributed by atoms with Crippen molar-refractivity contribution in [1.82, 2.24) is 4.90 Å². The SMILES string of the molecule is COC(=O)CN(C)C(=O)C(CN)CC(C)C. The van der Waals surface area contributed by atoms with Gasteiger partial charge in [-0.15, -0.1) is 0 Å². The molecule has 1 amide bonds. The Hall–Kier alpha value is -1.10. The van der Waals surface area contributed by atoms with Crippen molar-refractivity contribution < 1.29 is 14.3 Å². The van der Waals surface area contributed by atoms with Gasteiger partial charge in [0.2, 0.25) is 5.91 Å². The number of likely N-dealkylation sites (N-methyl/N-ethyl adjacent to an activating group) is 1. The molecule has 0 spiro atoms. The van der Waals surface area contributed by atoms with Crippen molar-refractivity contribution in [2.24, 2.45) is 17.6 Å². The molecule has 0 fully saturated rings. The second-order valence-electron chi connectivity index (χ2n) is 4.33. The van der Waals surface area contributed by atoms with Gasteiger partial charge in [0.1, 0.15) is 6.54 Å². The second-order valence-corrected chi connectivity index (χ2v) is 4.33. The molecule has 0 heterocycles. The summed E-state index contributed by atoms with van der Waals surface area (Å²) in [5.41, 5.74) is 5.56. The van der Waals surface area contributed by atoms with Gasteiger partial charge in [-0.3, -0.25) is 9.59 Å². The quantitative estimate of drug-likeness (QED) is 0.663. The lowest BCUT2D eigenvalue weighted by molar-refractivity contribution is -0.147. The Morgan fingerprint density at radius 2 is 1.94 bits per heavy atom. The topological polar surface area (TPSA) is 72.6 Å². The van der Waals surface area contributed by atoms with Crippen LogP contribution < -0.4 is 5.73 Å². The number of carbonyl (C=O) groups is 2. The van der Waals surface area contributed by atoms with Crippen molar-refractivity contribution in [3.05, 3.63) is 0 Å². The molecule has 0 aromatic carbocycles. The molecule has 0 rings (SSSR count). The lowest BCUT2D eigenvalue weighted by Gasteiger charge is -2.23. The van der Waals surface area contributed by atoms with Gasteiger partial charge in [-0.1, -0.05) is 13.8 Å². The Bertz CT molecular complexity index is 241. The molecule has 1 atom stereocenters. The highest BCUT2D eigenvalue weighted by Crippen LogP contribution is 2.12. The maximum atomic E-state index is 11.9. The maximum Gasteiger partial charge on any atom is 0.325 e. The highest BCUT2D eigenvalue weighted by atomic mass is 16.5. The minimum absolute atomic E-state index is 0.0239. The number of hydrogen-bond acceptors (Lipinski definition) is 4. The van der Waals surface area contributed by atoms with Crippen LogP contribution in [0, 0.1) is 11.8 Å². The van der Waals surface area contributed by atoms with Crippen LogP contribution in [0.1, 0.15) is 20.3 Å². The number of nitrogens with zero attached hydrogens (tertiary/aromatic N) is 1. The molecule has 0 aliphatic heterocycles. The minimum Gasteiger partial charge on any atom is -0.468 e. The van der Waals surface area contributed by atoms with E-state index in [0.29, 0.717) is 12.5 Å². The van der Waals surface area contributed by atoms with Crippen molar-refractivity contribution >= 4 is 11.9 Å². The number of esters is 1. The molecule has 2 N–H and O–H groups in total. The van der Waals surface area contributed by atoms with E-state index in [1.165, 1.54) is 12.0 Å². The number of methoxy groups -OCH3 is 1. The molecule has 5 nitrogen and oxygen atoms in total. The predicted molar refractivity (Wildman–Crippen MR) is 61.7 cm³/mol. The lowest BCUT2D eigenvalue weighted by Crippen LogP contribution is -2.40. The summed E-state index contributed by atoms with van der Waals surface area (Å²) >= 11 is 0. The summed E-state index contributed by atoms with van der Waals surface area (Å²) in [6.07, 6.45) is 0.737. The van der Waals surface area contributed by atoms with Gasteiger partial charge in [-0.05, 0) is 12.3 Å². The molecule has 0 aromatic heterocycles. The third-order valence-corrected chi connectivity index (χ3v) is 2.36. The van der Waals surface area contributed by atoms with Crippen molar-refractivity contribution in [2.45, 2.75) is 20.3 Å². The van der Waals surface area contributed by atoms with Gasteiger partial charge in [0.05, 0.1) is 13.0 Å². The first-order valence-electron chi connectivity index (χ1n) is 5.44. The van der Waals surface area contributed by atoms with Crippen molar-refractivity contribution in [2.75, 3.05) is 27.2 Å². The average molecular weight is 230 g/mol. The van der Waals surface area contributed by atoms with E-state index in [0.717, 1.165) is 6.42 Å². The van der Waals surface area contributed by atoms with E-state index in [1.807, 2.05) is 13.8 Å². The Kier molecular flexibility index (Phi) is 6.72. The first-order valence-corrected chi connectivity index (χ1v) is 5.44. The van der Waals surface area contributed by atoms with Gasteiger partial charge >= 0.3 is 5.97 Å². The van der Waals surface area contributed by atoms with Crippen LogP contribution in [0.3, 0.4) is 0 Å². The van der Waals surface area contributed by atoms with E-state index in [4.69, 9.17) is 5.73 Å². The molecule has 0 radical (unpaired) electrons. The van der Waals surface area contributed by atoms with Crippen LogP contribution in [0.2, 0.25) is 0 Å². The third-order valence-electron chi connectivity index (χ3n) is 2.36. The van der Waals surface area contributed by atoms with Crippen LogP contribution in [-0.2, 0) is 14.3 Å². The van der Waals surface area contributed by atoms with Gasteiger partial charge in [-0.2, -0.15) is 0 Å². The molecule has 94 valence electrons. The van der Waals surface area contributed by atoms with E-state index in [1.54, 1.807) is 7.05 Å². The summed E-state index contributed by atoms with van der Waals surface area (Å²) in [4.78, 5) is 24.3. The molecule has 1 unspecified atom stereocenters. The molecule has 0 aliphatic carbocycles. The summed E-state index contributed by atoms with van der Waals surface area (Å²) in [7, 11) is 2.89. The van der Waals surface area contributed by atoms with Crippen LogP contribution >= 0.6 is 0 Å². The molecule has 0 bridgehead atoms. The summed E-state index contributed by atoms with van der Waals surface area (Å²) < 4.78 is 4.50. The van der Waals surface area contributed by atoms with Gasteiger partial charge in [0.25, 0.3) is 0 Å². The zero-order valence-corrected chi connectivity index (χ0v) is 10.5. The average Bonchev–Trinajstić information content (AvgIpc) is 2.24. The fourth-order valence-electron chi connectivity index (χ4n) is 1.51. The molecular formula is C11H22N2O3. The van der Waals surface area contributed by atoms with Crippen LogP contribution in [0.15, 0.2) is 0 Å². The van der Waals surface area contributed by atoms with Crippen LogP contribution in [0.4, 0.5) is 0 Å². The Morgan fingerprint density at radius 3 is 2.31 bits per heavy atom. The highest BCUT2D eigenvalue weighted by Gasteiger charge is 2.23. The van der Waals surface area contributed by atoms with Gasteiger partial charge in [0.15, 0.2) is 0 Å². The first-order chi connectivity index (χ1) is 7.42. The normalized spacial score (nSPS) is 12.4. The maximum absolute atomic E-state index is 11.9. The lowest BCUT2D eigenvalue weighted by atomic mass is 9.96. The number of carbonyl (C=O) groups excluding carboxylic acids is 2. The third kappa shape index (κ3) is 5.11. The molecule has 0 saturated heterocycles. The van der Waals surface area contributed by atoms with E-state index in [9.17, 15) is 9.59 Å². The predicted octanol–water partition coefficient (Wildman–Crippen LogP) is 0.239. The van der Waals surface area contributed by atoms with E-state index < -0.39 is 5.97 Å². The first kappa shape index (κ1) is 14.9. The van der Waals surface area contributed by atoms with Crippen LogP contribution in [0.25, 0.3) is 0 Å². The number of ether oxygens (including phenoxy) is 1. The summed E-state index contributed by atoms with van der Waals surface area (Å²) in [6, 6.07) is 0. The standard InChI is InChI=1S/C11H22N2O3/c1-8(2)5-9(6-12)11(15)13(3)7-10(14)16-4/h8-9H,5-7,12H2,1-4H3. The number of amides is 1. The zero-order valence-electron chi connectivity index (χ0n) is 10.5. The van der Waals surface area contributed by atoms with Crippen LogP contribution in [-0.4, -0.2) is 44.0 Å². The number of hydrogen-bond donors (Lipinski definition) is 1. The van der Waals surface area contributed by atoms with E-state index in [-0.39, 0.29) is 18.4 Å². The van der Waals surface area contributed by atoms with Crippen LogP contribution in [0.5, 0.6) is 0 Å². The largest absolute Gasteiger partial charge is 0.468 e. The minimum atomic E-state index is -0.420. The monoisotopic (exact) mass is 230 g/mol. The van der Waals surface area contributed by atoms with Crippen molar-refractivity contribution in [3.8, 4) is 0 Å². The molecule has 0 saturated carbocycles. The molecule has 5 heteroatoms. The van der Waals surface area contributed by atoms with Crippen molar-refractivity contribution in [3.63, 3.8) is 0 Å². The molecule has 16 heavy (non-hydrogen) atoms. The van der Waals surface area contributed by atoms with Gasteiger partial charge in [-0.25, -0.2) is 0 Å². The highest BCUT2D eigenvalue weighted by molar-refractivity contribution is 5.83. The van der Waals surface area contributed by atoms with Gasteiger partial charge in [0, 0.05) is 13.6 Å². The zero-order chi connectivity index (χ0) is 12.7. The molecule has 0 aliphatic rings. The summed E-state index contributed by atoms with van der Waals surface area (Å²) in [5.74, 6) is -0.323. The Balaban J connectivity index is 4.32. The summed E-state index contributed by atoms with van der Waals surface area (Å²) in [6.45, 7) is 4.36. The molecule has 0 aromatic rings. The fraction of sp³-hybridized carbons (Fsp3) is 0.818. The number of nitrogens with two attached hydrogens (primary N) is 1. The summed E-state index contributed by atoms with van der Waals surface area (Å²) in [5, 5.41) is 0. The Morgan fingerprint density at radius 1 is 1.38 bits per heavy atom. The Labute approximate surface area is 96.9 Å². The van der Waals surface area contributed by atoms with E-state index >= 15 is 0 Å². The number of rotatable bonds is 6. The van der Waals surface area contributed by atoms with Gasteiger partial charge < -0.3 is 15.4 Å². The van der Waals surface area contributed by atoms with E-state index in [2.05, 4.69) is 4.74 Å². The smallest absolute Gasteiger partial charge is 0.325 e. The fourth-order valence-corrected chi connectivity index (χ4v) is 1.51. The van der Waals surface area contributed by atoms with Crippen molar-refractivity contribution in [1.29, 1.82) is 0 Å². The second kappa shape index (κ2) is 7.22. The molecular weight excluding hydrogens is 208 g/mol.